The summed E-state index contributed by atoms with van der Waals surface area (Å²) in [7, 11) is -0.720. The quantitative estimate of drug-likeness (QED) is 0.821. The summed E-state index contributed by atoms with van der Waals surface area (Å²) < 4.78 is 12.1. The van der Waals surface area contributed by atoms with Crippen LogP contribution in [0, 0.1) is 6.92 Å². The Morgan fingerprint density at radius 2 is 2.06 bits per heavy atom. The van der Waals surface area contributed by atoms with Gasteiger partial charge in [0.25, 0.3) is 0 Å². The standard InChI is InChI=1S/C13H19NOS/c1-10-11(5-4-8-13(10)14)9-16(15)12-6-2-3-7-12/h4-5,8,12H,2-3,6-7,9,14H2,1H3. The zero-order valence-electron chi connectivity index (χ0n) is 9.74. The number of nitrogen functional groups attached to an aromatic ring is 1. The molecule has 0 heterocycles. The van der Waals surface area contributed by atoms with Crippen molar-refractivity contribution in [3.63, 3.8) is 0 Å². The Hall–Kier alpha value is -0.830. The van der Waals surface area contributed by atoms with Gasteiger partial charge in [-0.1, -0.05) is 25.0 Å². The van der Waals surface area contributed by atoms with E-state index in [-0.39, 0.29) is 0 Å². The Kier molecular flexibility index (Phi) is 3.64. The molecule has 1 fully saturated rings. The van der Waals surface area contributed by atoms with Crippen LogP contribution in [0.4, 0.5) is 5.69 Å². The van der Waals surface area contributed by atoms with Crippen molar-refractivity contribution in [2.45, 2.75) is 43.6 Å². The van der Waals surface area contributed by atoms with Gasteiger partial charge in [0.2, 0.25) is 0 Å². The second-order valence-corrected chi connectivity index (χ2v) is 6.28. The predicted octanol–water partition coefficient (Wildman–Crippen LogP) is 2.77. The van der Waals surface area contributed by atoms with Crippen molar-refractivity contribution in [3.05, 3.63) is 29.3 Å². The molecule has 0 saturated heterocycles. The maximum absolute atomic E-state index is 12.1. The van der Waals surface area contributed by atoms with E-state index in [0.717, 1.165) is 29.7 Å². The van der Waals surface area contributed by atoms with E-state index in [1.54, 1.807) is 0 Å². The van der Waals surface area contributed by atoms with Crippen molar-refractivity contribution in [2.75, 3.05) is 5.73 Å². The fourth-order valence-electron chi connectivity index (χ4n) is 2.28. The lowest BCUT2D eigenvalue weighted by atomic mass is 10.1. The molecule has 0 spiro atoms. The Balaban J connectivity index is 2.08. The SMILES string of the molecule is Cc1c(N)cccc1CS(=O)C1CCCC1. The zero-order valence-corrected chi connectivity index (χ0v) is 10.6. The molecule has 1 aliphatic rings. The maximum atomic E-state index is 12.1. The number of nitrogens with two attached hydrogens (primary N) is 1. The minimum atomic E-state index is -0.720. The smallest absolute Gasteiger partial charge is 0.0491 e. The highest BCUT2D eigenvalue weighted by atomic mass is 32.2. The molecule has 1 saturated carbocycles. The summed E-state index contributed by atoms with van der Waals surface area (Å²) >= 11 is 0. The van der Waals surface area contributed by atoms with E-state index >= 15 is 0 Å². The first-order valence-corrected chi connectivity index (χ1v) is 7.28. The average Bonchev–Trinajstić information content (AvgIpc) is 2.78. The fourth-order valence-corrected chi connectivity index (χ4v) is 4.00. The maximum Gasteiger partial charge on any atom is 0.0491 e. The molecule has 2 nitrogen and oxygen atoms in total. The summed E-state index contributed by atoms with van der Waals surface area (Å²) in [5, 5.41) is 0.417. The lowest BCUT2D eigenvalue weighted by Gasteiger charge is -2.12. The van der Waals surface area contributed by atoms with Crippen LogP contribution in [0.2, 0.25) is 0 Å². The number of rotatable bonds is 3. The summed E-state index contributed by atoms with van der Waals surface area (Å²) in [6.07, 6.45) is 4.75. The largest absolute Gasteiger partial charge is 0.399 e. The van der Waals surface area contributed by atoms with Crippen LogP contribution < -0.4 is 5.73 Å². The molecule has 0 bridgehead atoms. The van der Waals surface area contributed by atoms with Gasteiger partial charge in [0, 0.05) is 27.5 Å². The van der Waals surface area contributed by atoms with Gasteiger partial charge >= 0.3 is 0 Å². The minimum absolute atomic E-state index is 0.417. The highest BCUT2D eigenvalue weighted by Gasteiger charge is 2.21. The van der Waals surface area contributed by atoms with Crippen molar-refractivity contribution in [1.82, 2.24) is 0 Å². The second kappa shape index (κ2) is 5.00. The number of hydrogen-bond donors (Lipinski definition) is 1. The third-order valence-electron chi connectivity index (χ3n) is 3.46. The van der Waals surface area contributed by atoms with Crippen LogP contribution in [-0.4, -0.2) is 9.46 Å². The van der Waals surface area contributed by atoms with Crippen LogP contribution in [0.1, 0.15) is 36.8 Å². The van der Waals surface area contributed by atoms with Crippen molar-refractivity contribution >= 4 is 16.5 Å². The van der Waals surface area contributed by atoms with Crippen LogP contribution in [0.3, 0.4) is 0 Å². The third-order valence-corrected chi connectivity index (χ3v) is 5.27. The monoisotopic (exact) mass is 237 g/mol. The fraction of sp³-hybridized carbons (Fsp3) is 0.538. The van der Waals surface area contributed by atoms with E-state index in [4.69, 9.17) is 5.73 Å². The van der Waals surface area contributed by atoms with Crippen LogP contribution >= 0.6 is 0 Å². The van der Waals surface area contributed by atoms with Gasteiger partial charge in [-0.25, -0.2) is 0 Å². The van der Waals surface area contributed by atoms with Crippen LogP contribution in [-0.2, 0) is 16.6 Å². The Morgan fingerprint density at radius 1 is 1.38 bits per heavy atom. The molecule has 0 aliphatic heterocycles. The number of hydrogen-bond acceptors (Lipinski definition) is 2. The van der Waals surface area contributed by atoms with Crippen molar-refractivity contribution < 1.29 is 4.21 Å². The van der Waals surface area contributed by atoms with Crippen LogP contribution in [0.15, 0.2) is 18.2 Å². The molecular formula is C13H19NOS. The van der Waals surface area contributed by atoms with Gasteiger partial charge in [0.15, 0.2) is 0 Å². The van der Waals surface area contributed by atoms with Gasteiger partial charge in [-0.05, 0) is 37.0 Å². The first kappa shape index (κ1) is 11.6. The van der Waals surface area contributed by atoms with E-state index in [2.05, 4.69) is 0 Å². The summed E-state index contributed by atoms with van der Waals surface area (Å²) in [4.78, 5) is 0. The summed E-state index contributed by atoms with van der Waals surface area (Å²) in [6, 6.07) is 5.89. The van der Waals surface area contributed by atoms with E-state index < -0.39 is 10.8 Å². The molecule has 1 aromatic rings. The summed E-state index contributed by atoms with van der Waals surface area (Å²) in [5.41, 5.74) is 8.89. The van der Waals surface area contributed by atoms with Crippen molar-refractivity contribution in [1.29, 1.82) is 0 Å². The average molecular weight is 237 g/mol. The molecule has 0 radical (unpaired) electrons. The van der Waals surface area contributed by atoms with Gasteiger partial charge < -0.3 is 5.73 Å². The molecule has 3 heteroatoms. The lowest BCUT2D eigenvalue weighted by Crippen LogP contribution is -2.13. The van der Waals surface area contributed by atoms with E-state index in [1.807, 2.05) is 25.1 Å². The molecule has 0 amide bonds. The summed E-state index contributed by atoms with van der Waals surface area (Å²) in [6.45, 7) is 2.01. The molecule has 1 aromatic carbocycles. The van der Waals surface area contributed by atoms with Gasteiger partial charge in [-0.2, -0.15) is 0 Å². The predicted molar refractivity (Wildman–Crippen MR) is 69.7 cm³/mol. The first-order valence-electron chi connectivity index (χ1n) is 5.89. The van der Waals surface area contributed by atoms with E-state index in [9.17, 15) is 4.21 Å². The highest BCUT2D eigenvalue weighted by molar-refractivity contribution is 7.84. The molecule has 2 N–H and O–H groups in total. The molecule has 0 aromatic heterocycles. The van der Waals surface area contributed by atoms with Gasteiger partial charge in [-0.3, -0.25) is 4.21 Å². The highest BCUT2D eigenvalue weighted by Crippen LogP contribution is 2.26. The Bertz CT molecular complexity index is 397. The normalized spacial score (nSPS) is 18.8. The van der Waals surface area contributed by atoms with Gasteiger partial charge in [-0.15, -0.1) is 0 Å². The third kappa shape index (κ3) is 2.46. The Morgan fingerprint density at radius 3 is 2.75 bits per heavy atom. The van der Waals surface area contributed by atoms with Crippen LogP contribution in [0.25, 0.3) is 0 Å². The molecule has 1 aliphatic carbocycles. The number of benzene rings is 1. The van der Waals surface area contributed by atoms with E-state index in [0.29, 0.717) is 11.0 Å². The van der Waals surface area contributed by atoms with Crippen LogP contribution in [0.5, 0.6) is 0 Å². The second-order valence-electron chi connectivity index (χ2n) is 4.56. The van der Waals surface area contributed by atoms with Gasteiger partial charge in [0.1, 0.15) is 0 Å². The van der Waals surface area contributed by atoms with E-state index in [1.165, 1.54) is 12.8 Å². The topological polar surface area (TPSA) is 43.1 Å². The minimum Gasteiger partial charge on any atom is -0.399 e. The Labute approximate surface area is 99.7 Å². The molecule has 1 unspecified atom stereocenters. The molecular weight excluding hydrogens is 218 g/mol. The number of anilines is 1. The van der Waals surface area contributed by atoms with Gasteiger partial charge in [0.05, 0.1) is 0 Å². The lowest BCUT2D eigenvalue weighted by molar-refractivity contribution is 0.668. The molecule has 88 valence electrons. The first-order chi connectivity index (χ1) is 7.68. The van der Waals surface area contributed by atoms with Crippen molar-refractivity contribution in [3.8, 4) is 0 Å². The zero-order chi connectivity index (χ0) is 11.5. The molecule has 2 rings (SSSR count). The van der Waals surface area contributed by atoms with Crippen molar-refractivity contribution in [2.24, 2.45) is 0 Å². The summed E-state index contributed by atoms with van der Waals surface area (Å²) in [5.74, 6) is 0.668. The molecule has 1 atom stereocenters. The molecule has 16 heavy (non-hydrogen) atoms.